The molecule has 0 spiro atoms. The number of benzene rings is 1. The fourth-order valence-electron chi connectivity index (χ4n) is 6.42. The average Bonchev–Trinajstić information content (AvgIpc) is 3.85. The Hall–Kier alpha value is -3.79. The zero-order chi connectivity index (χ0) is 31.7. The summed E-state index contributed by atoms with van der Waals surface area (Å²) in [5.41, 5.74) is 0.822. The summed E-state index contributed by atoms with van der Waals surface area (Å²) in [7, 11) is 0.997. The van der Waals surface area contributed by atoms with Crippen LogP contribution in [0, 0.1) is 0 Å². The minimum Gasteiger partial charge on any atom is -0.382 e. The first-order chi connectivity index (χ1) is 21.5. The van der Waals surface area contributed by atoms with Gasteiger partial charge >= 0.3 is 0 Å². The van der Waals surface area contributed by atoms with Crippen LogP contribution in [0.5, 0.6) is 0 Å². The number of piperazine rings is 1. The first-order valence-electron chi connectivity index (χ1n) is 15.1. The molecule has 1 N–H and O–H groups in total. The largest absolute Gasteiger partial charge is 0.382 e. The number of hydrogen-bond acceptors (Lipinski definition) is 9. The third-order valence-corrected chi connectivity index (χ3v) is 11.0. The molecular weight excluding hydrogens is 600 g/mol. The van der Waals surface area contributed by atoms with Gasteiger partial charge in [0.05, 0.1) is 47.6 Å². The molecule has 1 aliphatic heterocycles. The van der Waals surface area contributed by atoms with Crippen molar-refractivity contribution in [2.45, 2.75) is 61.2 Å². The van der Waals surface area contributed by atoms with Crippen LogP contribution in [0.15, 0.2) is 46.5 Å². The second kappa shape index (κ2) is 10.6. The van der Waals surface area contributed by atoms with Crippen molar-refractivity contribution in [2.75, 3.05) is 45.4 Å². The molecular formula is C30H38N8O6S. The molecule has 3 aromatic heterocycles. The number of methoxy groups -OCH3 is 2. The number of carbonyl (C=O) groups excluding carboxylic acids is 1. The lowest BCUT2D eigenvalue weighted by Gasteiger charge is -2.43. The van der Waals surface area contributed by atoms with Gasteiger partial charge in [-0.3, -0.25) is 18.8 Å². The molecule has 4 heterocycles. The number of hydrogen-bond donors (Lipinski definition) is 1. The summed E-state index contributed by atoms with van der Waals surface area (Å²) in [4.78, 5) is 31.7. The van der Waals surface area contributed by atoms with Gasteiger partial charge in [-0.2, -0.15) is 10.2 Å². The molecule has 4 aromatic rings. The summed E-state index contributed by atoms with van der Waals surface area (Å²) >= 11 is 0. The van der Waals surface area contributed by atoms with E-state index in [1.807, 2.05) is 30.0 Å². The first kappa shape index (κ1) is 29.9. The normalized spacial score (nSPS) is 20.7. The Balaban J connectivity index is 1.38. The van der Waals surface area contributed by atoms with Crippen LogP contribution < -0.4 is 15.2 Å². The van der Waals surface area contributed by atoms with E-state index in [0.717, 1.165) is 18.4 Å². The van der Waals surface area contributed by atoms with Crippen LogP contribution in [0.3, 0.4) is 0 Å². The van der Waals surface area contributed by atoms with Gasteiger partial charge in [0.1, 0.15) is 16.8 Å². The van der Waals surface area contributed by atoms with E-state index in [-0.39, 0.29) is 40.9 Å². The maximum absolute atomic E-state index is 14.3. The van der Waals surface area contributed by atoms with Crippen LogP contribution in [0.4, 0.5) is 5.69 Å². The molecule has 1 unspecified atom stereocenters. The Kier molecular flexibility index (Phi) is 7.07. The van der Waals surface area contributed by atoms with E-state index in [0.29, 0.717) is 49.3 Å². The van der Waals surface area contributed by atoms with Gasteiger partial charge in [0.2, 0.25) is 10.0 Å². The van der Waals surface area contributed by atoms with Crippen molar-refractivity contribution in [3.63, 3.8) is 0 Å². The quantitative estimate of drug-likeness (QED) is 0.270. The highest BCUT2D eigenvalue weighted by Crippen LogP contribution is 2.42. The topological polar surface area (TPSA) is 145 Å². The van der Waals surface area contributed by atoms with Gasteiger partial charge in [-0.25, -0.2) is 17.7 Å². The number of ether oxygens (including phenoxy) is 2. The minimum absolute atomic E-state index is 0.00720. The summed E-state index contributed by atoms with van der Waals surface area (Å²) in [6, 6.07) is 4.53. The molecule has 2 aliphatic carbocycles. The number of rotatable bonds is 10. The van der Waals surface area contributed by atoms with Gasteiger partial charge in [-0.05, 0) is 44.7 Å². The molecule has 14 nitrogen and oxygen atoms in total. The van der Waals surface area contributed by atoms with Crippen LogP contribution in [-0.2, 0) is 37.9 Å². The molecule has 1 saturated heterocycles. The highest BCUT2D eigenvalue weighted by molar-refractivity contribution is 7.89. The molecule has 15 heteroatoms. The van der Waals surface area contributed by atoms with Crippen molar-refractivity contribution >= 4 is 38.2 Å². The maximum atomic E-state index is 14.3. The van der Waals surface area contributed by atoms with Gasteiger partial charge in [0, 0.05) is 64.3 Å². The Morgan fingerprint density at radius 1 is 1.13 bits per heavy atom. The number of nitrogens with zero attached hydrogens (tertiary/aromatic N) is 7. The van der Waals surface area contributed by atoms with Gasteiger partial charge in [0.25, 0.3) is 11.5 Å². The maximum Gasteiger partial charge on any atom is 0.262 e. The predicted octanol–water partition coefficient (Wildman–Crippen LogP) is 1.10. The van der Waals surface area contributed by atoms with Crippen molar-refractivity contribution in [1.29, 1.82) is 0 Å². The number of carbonyl (C=O) groups is 1. The van der Waals surface area contributed by atoms with E-state index >= 15 is 0 Å². The van der Waals surface area contributed by atoms with Crippen LogP contribution in [-0.4, -0.2) is 101 Å². The van der Waals surface area contributed by atoms with E-state index < -0.39 is 21.2 Å². The van der Waals surface area contributed by atoms with Gasteiger partial charge in [-0.1, -0.05) is 0 Å². The lowest BCUT2D eigenvalue weighted by atomic mass is 10.1. The lowest BCUT2D eigenvalue weighted by Crippen LogP contribution is -2.59. The number of amides is 1. The summed E-state index contributed by atoms with van der Waals surface area (Å²) in [5, 5.41) is 9.07. The monoisotopic (exact) mass is 638 g/mol. The van der Waals surface area contributed by atoms with E-state index in [1.165, 1.54) is 6.07 Å². The minimum atomic E-state index is -3.97. The van der Waals surface area contributed by atoms with Crippen LogP contribution in [0.25, 0.3) is 16.6 Å². The van der Waals surface area contributed by atoms with Crippen molar-refractivity contribution in [1.82, 2.24) is 33.6 Å². The number of fused-ring (bicyclic) bond motifs is 3. The van der Waals surface area contributed by atoms with Crippen molar-refractivity contribution in [2.24, 2.45) is 7.05 Å². The number of aromatic nitrogens is 5. The molecule has 7 rings (SSSR count). The SMILES string of the molecule is COCC1CN(c2cc(S(=O)(=O)NC3(C)CC3)cc3c(=O)n(Cc4cnn(C)c4)c4ccnn4c23)CCN1C(=O)C1(OC)CC1. The first-order valence-corrected chi connectivity index (χ1v) is 16.6. The van der Waals surface area contributed by atoms with Gasteiger partial charge in [-0.15, -0.1) is 0 Å². The predicted molar refractivity (Wildman–Crippen MR) is 166 cm³/mol. The second-order valence-electron chi connectivity index (χ2n) is 12.8. The Bertz CT molecular complexity index is 1970. The Morgan fingerprint density at radius 2 is 1.91 bits per heavy atom. The van der Waals surface area contributed by atoms with Gasteiger partial charge in [0.15, 0.2) is 0 Å². The molecule has 3 fully saturated rings. The average molecular weight is 639 g/mol. The fraction of sp³-hybridized carbons (Fsp3) is 0.533. The molecule has 1 atom stereocenters. The summed E-state index contributed by atoms with van der Waals surface area (Å²) in [5.74, 6) is -0.0532. The Morgan fingerprint density at radius 3 is 2.56 bits per heavy atom. The summed E-state index contributed by atoms with van der Waals surface area (Å²) in [6.45, 7) is 3.55. The third kappa shape index (κ3) is 5.20. The summed E-state index contributed by atoms with van der Waals surface area (Å²) in [6.07, 6.45) is 8.02. The van der Waals surface area contributed by atoms with Crippen LogP contribution in [0.1, 0.15) is 38.2 Å². The fourth-order valence-corrected chi connectivity index (χ4v) is 7.93. The number of nitrogens with one attached hydrogen (secondary N) is 1. The molecule has 0 radical (unpaired) electrons. The molecule has 45 heavy (non-hydrogen) atoms. The van der Waals surface area contributed by atoms with Crippen molar-refractivity contribution in [3.05, 3.63) is 52.7 Å². The van der Waals surface area contributed by atoms with E-state index in [2.05, 4.69) is 14.9 Å². The number of sulfonamides is 1. The van der Waals surface area contributed by atoms with E-state index in [4.69, 9.17) is 9.47 Å². The molecule has 1 aromatic carbocycles. The number of aryl methyl sites for hydroxylation is 1. The van der Waals surface area contributed by atoms with Crippen LogP contribution in [0.2, 0.25) is 0 Å². The molecule has 2 saturated carbocycles. The molecule has 0 bridgehead atoms. The van der Waals surface area contributed by atoms with E-state index in [1.54, 1.807) is 52.5 Å². The van der Waals surface area contributed by atoms with Crippen molar-refractivity contribution < 1.29 is 22.7 Å². The smallest absolute Gasteiger partial charge is 0.262 e. The number of anilines is 1. The summed E-state index contributed by atoms with van der Waals surface area (Å²) < 4.78 is 46.5. The van der Waals surface area contributed by atoms with E-state index in [9.17, 15) is 18.0 Å². The molecule has 240 valence electrons. The standard InChI is InChI=1S/C30H38N8O6S/c1-29(6-7-29)33-45(41,42)22-13-23-26(38-25(5-10-31-38)37(27(23)39)17-20-15-32-34(2)16-20)24(14-22)35-11-12-36(21(18-35)19-43-3)28(40)30(44-4)8-9-30/h5,10,13-16,21,33H,6-9,11-12,17-19H2,1-4H3. The zero-order valence-corrected chi connectivity index (χ0v) is 26.7. The second-order valence-corrected chi connectivity index (χ2v) is 14.5. The highest BCUT2D eigenvalue weighted by atomic mass is 32.2. The molecule has 3 aliphatic rings. The Labute approximate surface area is 260 Å². The molecule has 1 amide bonds. The zero-order valence-electron chi connectivity index (χ0n) is 25.9. The third-order valence-electron chi connectivity index (χ3n) is 9.37. The highest BCUT2D eigenvalue weighted by Gasteiger charge is 2.54. The van der Waals surface area contributed by atoms with Crippen molar-refractivity contribution in [3.8, 4) is 0 Å². The lowest BCUT2D eigenvalue weighted by molar-refractivity contribution is -0.148. The van der Waals surface area contributed by atoms with Gasteiger partial charge < -0.3 is 19.3 Å². The van der Waals surface area contributed by atoms with Crippen LogP contribution >= 0.6 is 0 Å².